The molecule has 0 radical (unpaired) electrons. The minimum absolute atomic E-state index is 0.0392. The molecule has 0 saturated carbocycles. The second kappa shape index (κ2) is 10.1. The van der Waals surface area contributed by atoms with Crippen molar-refractivity contribution < 1.29 is 28.7 Å². The molecule has 9 nitrogen and oxygen atoms in total. The zero-order chi connectivity index (χ0) is 21.3. The molecular formula is C21H20N2O7. The van der Waals surface area contributed by atoms with Gasteiger partial charge in [0.2, 0.25) is 0 Å². The van der Waals surface area contributed by atoms with E-state index in [0.29, 0.717) is 43.2 Å². The van der Waals surface area contributed by atoms with E-state index < -0.39 is 23.4 Å². The lowest BCUT2D eigenvalue weighted by atomic mass is 10.1. The van der Waals surface area contributed by atoms with Crippen LogP contribution in [0.3, 0.4) is 0 Å². The number of nitro groups is 1. The van der Waals surface area contributed by atoms with Crippen molar-refractivity contribution in [1.82, 2.24) is 5.32 Å². The predicted molar refractivity (Wildman–Crippen MR) is 107 cm³/mol. The number of nitrogens with zero attached hydrogens (tertiary/aromatic N) is 1. The summed E-state index contributed by atoms with van der Waals surface area (Å²) in [6.07, 6.45) is 3.20. The molecule has 0 bridgehead atoms. The van der Waals surface area contributed by atoms with Gasteiger partial charge in [-0.15, -0.1) is 0 Å². The molecule has 0 fully saturated rings. The van der Waals surface area contributed by atoms with Crippen molar-refractivity contribution in [1.29, 1.82) is 0 Å². The van der Waals surface area contributed by atoms with Gasteiger partial charge in [0.15, 0.2) is 18.1 Å². The Balaban J connectivity index is 1.37. The number of benzene rings is 2. The summed E-state index contributed by atoms with van der Waals surface area (Å²) in [5.41, 5.74) is 1.55. The number of esters is 1. The van der Waals surface area contributed by atoms with Gasteiger partial charge in [0.25, 0.3) is 11.6 Å². The van der Waals surface area contributed by atoms with Crippen LogP contribution in [0.25, 0.3) is 6.08 Å². The number of non-ortho nitro benzene ring substituents is 1. The zero-order valence-corrected chi connectivity index (χ0v) is 16.0. The van der Waals surface area contributed by atoms with E-state index in [2.05, 4.69) is 5.32 Å². The first-order valence-corrected chi connectivity index (χ1v) is 9.26. The topological polar surface area (TPSA) is 117 Å². The second-order valence-electron chi connectivity index (χ2n) is 6.37. The predicted octanol–water partition coefficient (Wildman–Crippen LogP) is 2.28. The minimum atomic E-state index is -0.685. The zero-order valence-electron chi connectivity index (χ0n) is 16.0. The van der Waals surface area contributed by atoms with Crippen molar-refractivity contribution in [3.05, 3.63) is 69.8 Å². The van der Waals surface area contributed by atoms with Crippen molar-refractivity contribution >= 4 is 23.6 Å². The maximum absolute atomic E-state index is 11.8. The summed E-state index contributed by atoms with van der Waals surface area (Å²) >= 11 is 0. The normalized spacial score (nSPS) is 12.4. The molecule has 0 unspecified atom stereocenters. The third kappa shape index (κ3) is 6.06. The second-order valence-corrected chi connectivity index (χ2v) is 6.37. The molecule has 0 aliphatic carbocycles. The first-order chi connectivity index (χ1) is 14.5. The van der Waals surface area contributed by atoms with Crippen LogP contribution in [0.2, 0.25) is 0 Å². The number of fused-ring (bicyclic) bond motifs is 1. The van der Waals surface area contributed by atoms with Crippen LogP contribution in [-0.4, -0.2) is 43.2 Å². The summed E-state index contributed by atoms with van der Waals surface area (Å²) in [4.78, 5) is 33.6. The van der Waals surface area contributed by atoms with Gasteiger partial charge < -0.3 is 19.5 Å². The molecule has 1 aliphatic rings. The van der Waals surface area contributed by atoms with Crippen molar-refractivity contribution in [3.63, 3.8) is 0 Å². The van der Waals surface area contributed by atoms with Gasteiger partial charge in [-0.1, -0.05) is 6.07 Å². The van der Waals surface area contributed by atoms with Crippen LogP contribution in [0.5, 0.6) is 11.5 Å². The number of nitro benzene ring substituents is 1. The summed E-state index contributed by atoms with van der Waals surface area (Å²) in [6, 6.07) is 11.3. The third-order valence-electron chi connectivity index (χ3n) is 4.20. The number of rotatable bonds is 8. The van der Waals surface area contributed by atoms with Crippen LogP contribution in [0.15, 0.2) is 48.5 Å². The summed E-state index contributed by atoms with van der Waals surface area (Å²) in [5, 5.41) is 13.3. The Bertz CT molecular complexity index is 954. The molecule has 0 saturated heterocycles. The molecule has 0 atom stereocenters. The van der Waals surface area contributed by atoms with Gasteiger partial charge in [-0.3, -0.25) is 14.9 Å². The van der Waals surface area contributed by atoms with Crippen LogP contribution in [0, 0.1) is 10.1 Å². The monoisotopic (exact) mass is 412 g/mol. The summed E-state index contributed by atoms with van der Waals surface area (Å²) in [6.45, 7) is 1.03. The first-order valence-electron chi connectivity index (χ1n) is 9.26. The fourth-order valence-electron chi connectivity index (χ4n) is 2.70. The molecule has 1 heterocycles. The molecule has 2 aromatic carbocycles. The Morgan fingerprint density at radius 3 is 2.57 bits per heavy atom. The molecule has 156 valence electrons. The maximum Gasteiger partial charge on any atom is 0.331 e. The Kier molecular flexibility index (Phi) is 6.99. The number of hydrogen-bond donors (Lipinski definition) is 1. The highest BCUT2D eigenvalue weighted by Crippen LogP contribution is 2.30. The Labute approximate surface area is 172 Å². The average molecular weight is 412 g/mol. The SMILES string of the molecule is O=C(COC(=O)/C=C/c1ccc([N+](=O)[O-])cc1)NCCc1ccc2c(c1)OCCO2. The number of carbonyl (C=O) groups excluding carboxylic acids is 2. The molecular weight excluding hydrogens is 392 g/mol. The molecule has 1 N–H and O–H groups in total. The first kappa shape index (κ1) is 20.8. The number of amides is 1. The Morgan fingerprint density at radius 1 is 1.10 bits per heavy atom. The van der Waals surface area contributed by atoms with E-state index in [0.717, 1.165) is 11.6 Å². The lowest BCUT2D eigenvalue weighted by Gasteiger charge is -2.18. The number of nitrogens with one attached hydrogen (secondary N) is 1. The Hall–Kier alpha value is -3.88. The quantitative estimate of drug-likeness (QED) is 0.306. The molecule has 1 amide bonds. The van der Waals surface area contributed by atoms with Crippen molar-refractivity contribution in [2.75, 3.05) is 26.4 Å². The maximum atomic E-state index is 11.8. The van der Waals surface area contributed by atoms with E-state index in [9.17, 15) is 19.7 Å². The summed E-state index contributed by atoms with van der Waals surface area (Å²) in [7, 11) is 0. The van der Waals surface area contributed by atoms with Gasteiger partial charge in [0, 0.05) is 24.8 Å². The number of ether oxygens (including phenoxy) is 3. The van der Waals surface area contributed by atoms with Gasteiger partial charge in [-0.25, -0.2) is 4.79 Å². The van der Waals surface area contributed by atoms with Gasteiger partial charge in [-0.2, -0.15) is 0 Å². The van der Waals surface area contributed by atoms with Crippen LogP contribution in [-0.2, 0) is 20.7 Å². The average Bonchev–Trinajstić information content (AvgIpc) is 2.76. The largest absolute Gasteiger partial charge is 0.486 e. The number of carbonyl (C=O) groups is 2. The molecule has 3 rings (SSSR count). The summed E-state index contributed by atoms with van der Waals surface area (Å²) < 4.78 is 15.9. The van der Waals surface area contributed by atoms with E-state index in [-0.39, 0.29) is 5.69 Å². The number of hydrogen-bond acceptors (Lipinski definition) is 7. The van der Waals surface area contributed by atoms with E-state index in [1.807, 2.05) is 18.2 Å². The van der Waals surface area contributed by atoms with Crippen molar-refractivity contribution in [3.8, 4) is 11.5 Å². The molecule has 30 heavy (non-hydrogen) atoms. The minimum Gasteiger partial charge on any atom is -0.486 e. The van der Waals surface area contributed by atoms with Crippen molar-refractivity contribution in [2.24, 2.45) is 0 Å². The van der Waals surface area contributed by atoms with Gasteiger partial charge in [0.1, 0.15) is 13.2 Å². The summed E-state index contributed by atoms with van der Waals surface area (Å²) in [5.74, 6) is 0.307. The highest BCUT2D eigenvalue weighted by Gasteiger charge is 2.12. The highest BCUT2D eigenvalue weighted by molar-refractivity contribution is 5.89. The molecule has 9 heteroatoms. The molecule has 0 aromatic heterocycles. The third-order valence-corrected chi connectivity index (χ3v) is 4.20. The lowest BCUT2D eigenvalue weighted by molar-refractivity contribution is -0.384. The molecule has 1 aliphatic heterocycles. The van der Waals surface area contributed by atoms with Crippen LogP contribution in [0.1, 0.15) is 11.1 Å². The Morgan fingerprint density at radius 2 is 1.83 bits per heavy atom. The van der Waals surface area contributed by atoms with Gasteiger partial charge >= 0.3 is 5.97 Å². The van der Waals surface area contributed by atoms with Crippen molar-refractivity contribution in [2.45, 2.75) is 6.42 Å². The van der Waals surface area contributed by atoms with E-state index in [1.54, 1.807) is 0 Å². The van der Waals surface area contributed by atoms with E-state index in [1.165, 1.54) is 30.3 Å². The standard InChI is InChI=1S/C21H20N2O7/c24-20(22-10-9-16-3-7-18-19(13-16)29-12-11-28-18)14-30-21(25)8-4-15-1-5-17(6-2-15)23(26)27/h1-8,13H,9-12,14H2,(H,22,24)/b8-4+. The molecule has 2 aromatic rings. The van der Waals surface area contributed by atoms with Gasteiger partial charge in [0.05, 0.1) is 4.92 Å². The lowest BCUT2D eigenvalue weighted by Crippen LogP contribution is -2.30. The molecule has 0 spiro atoms. The smallest absolute Gasteiger partial charge is 0.331 e. The fraction of sp³-hybridized carbons (Fsp3) is 0.238. The van der Waals surface area contributed by atoms with Gasteiger partial charge in [-0.05, 0) is 47.9 Å². The van der Waals surface area contributed by atoms with Crippen LogP contribution >= 0.6 is 0 Å². The van der Waals surface area contributed by atoms with E-state index >= 15 is 0 Å². The van der Waals surface area contributed by atoms with E-state index in [4.69, 9.17) is 14.2 Å². The fourth-order valence-corrected chi connectivity index (χ4v) is 2.70. The highest BCUT2D eigenvalue weighted by atomic mass is 16.6. The van der Waals surface area contributed by atoms with Crippen LogP contribution in [0.4, 0.5) is 5.69 Å². The van der Waals surface area contributed by atoms with Crippen LogP contribution < -0.4 is 14.8 Å².